The largest absolute Gasteiger partial charge is 0.497 e. The van der Waals surface area contributed by atoms with Gasteiger partial charge in [-0.25, -0.2) is 43.9 Å². The Morgan fingerprint density at radius 1 is 0.500 bits per heavy atom. The molecule has 0 fully saturated rings. The fourth-order valence-electron chi connectivity index (χ4n) is 8.86. The first kappa shape index (κ1) is 77.6. The molecule has 2 aromatic carbocycles. The Morgan fingerprint density at radius 2 is 0.894 bits per heavy atom. The van der Waals surface area contributed by atoms with Gasteiger partial charge in [0.25, 0.3) is 5.78 Å². The number of halogens is 3. The minimum atomic E-state index is -0.984. The number of ketones is 2. The van der Waals surface area contributed by atoms with Crippen LogP contribution in [0.1, 0.15) is 152 Å². The van der Waals surface area contributed by atoms with Crippen molar-refractivity contribution in [2.75, 3.05) is 46.4 Å². The third-order valence-corrected chi connectivity index (χ3v) is 15.4. The van der Waals surface area contributed by atoms with E-state index in [1.807, 2.05) is 145 Å². The number of aromatic carboxylic acids is 1. The van der Waals surface area contributed by atoms with E-state index in [1.54, 1.807) is 54.2 Å². The van der Waals surface area contributed by atoms with Gasteiger partial charge in [0.2, 0.25) is 5.78 Å². The van der Waals surface area contributed by atoms with E-state index in [2.05, 4.69) is 89.3 Å². The molecule has 9 rings (SSSR count). The fourth-order valence-corrected chi connectivity index (χ4v) is 9.62. The average Bonchev–Trinajstić information content (AvgIpc) is 1.66. The average molecular weight is 1490 g/mol. The van der Waals surface area contributed by atoms with Crippen LogP contribution in [0.2, 0.25) is 0 Å². The monoisotopic (exact) mass is 1480 g/mol. The number of carboxylic acids is 1. The van der Waals surface area contributed by atoms with Gasteiger partial charge in [0.15, 0.2) is 17.1 Å². The zero-order chi connectivity index (χ0) is 69.4. The van der Waals surface area contributed by atoms with E-state index < -0.39 is 34.3 Å². The number of ether oxygens (including phenoxy) is 6. The van der Waals surface area contributed by atoms with Crippen LogP contribution in [0.3, 0.4) is 0 Å². The number of benzene rings is 2. The summed E-state index contributed by atoms with van der Waals surface area (Å²) in [6.07, 6.45) is 12.8. The summed E-state index contributed by atoms with van der Waals surface area (Å²) >= 11 is 9.70. The number of aromatic nitrogens is 7. The molecule has 502 valence electrons. The molecule has 0 amide bonds. The molecule has 1 atom stereocenters. The van der Waals surface area contributed by atoms with Gasteiger partial charge in [-0.05, 0) is 187 Å². The molecule has 0 aliphatic rings. The predicted octanol–water partition coefficient (Wildman–Crippen LogP) is 13.3. The number of nitrogens with two attached hydrogens (primary N) is 1. The number of imidazole rings is 3. The van der Waals surface area contributed by atoms with Crippen molar-refractivity contribution >= 4 is 112 Å². The number of Topliss-reactive ketones (excluding diaryl/α,β-unsaturated/α-hetero) is 2. The molecule has 3 N–H and O–H groups in total. The second kappa shape index (κ2) is 40.3. The normalized spacial score (nSPS) is 10.7. The zero-order valence-electron chi connectivity index (χ0n) is 54.7. The third kappa shape index (κ3) is 23.3. The van der Waals surface area contributed by atoms with E-state index in [0.717, 1.165) is 79.2 Å². The summed E-state index contributed by atoms with van der Waals surface area (Å²) in [6.45, 7) is 17.8. The summed E-state index contributed by atoms with van der Waals surface area (Å²) in [4.78, 5) is 94.5. The molecular formula is C69H81Br3N8O14. The van der Waals surface area contributed by atoms with Crippen molar-refractivity contribution in [1.29, 1.82) is 0 Å². The van der Waals surface area contributed by atoms with Gasteiger partial charge in [0.1, 0.15) is 34.3 Å². The van der Waals surface area contributed by atoms with Gasteiger partial charge in [-0.2, -0.15) is 0 Å². The molecule has 1 unspecified atom stereocenters. The van der Waals surface area contributed by atoms with E-state index in [-0.39, 0.29) is 30.8 Å². The van der Waals surface area contributed by atoms with Gasteiger partial charge in [-0.1, -0.05) is 86.9 Å². The number of nitrogen functional groups attached to an aromatic ring is 1. The second-order valence-corrected chi connectivity index (χ2v) is 22.9. The smallest absolute Gasteiger partial charge is 0.375 e. The van der Waals surface area contributed by atoms with E-state index in [4.69, 9.17) is 24.7 Å². The molecule has 25 heteroatoms. The molecule has 9 aromatic rings. The van der Waals surface area contributed by atoms with Crippen LogP contribution in [0, 0.1) is 0 Å². The van der Waals surface area contributed by atoms with Crippen LogP contribution < -0.4 is 15.2 Å². The molecule has 0 aliphatic carbocycles. The van der Waals surface area contributed by atoms with Crippen LogP contribution in [0.15, 0.2) is 131 Å². The number of pyridine rings is 4. The number of nitrogens with zero attached hydrogens (tertiary/aromatic N) is 7. The minimum absolute atomic E-state index is 0.133. The Labute approximate surface area is 572 Å². The summed E-state index contributed by atoms with van der Waals surface area (Å²) < 4.78 is 37.1. The van der Waals surface area contributed by atoms with Crippen molar-refractivity contribution in [3.05, 3.63) is 187 Å². The van der Waals surface area contributed by atoms with Gasteiger partial charge in [0.05, 0.1) is 62.6 Å². The molecule has 7 aromatic heterocycles. The predicted molar refractivity (Wildman–Crippen MR) is 369 cm³/mol. The van der Waals surface area contributed by atoms with E-state index >= 15 is 0 Å². The molecule has 0 aliphatic heterocycles. The number of aryl methyl sites for hydroxylation is 3. The molecular weight excluding hydrogens is 1400 g/mol. The number of carbonyl (C=O) groups excluding carboxylic acids is 6. The van der Waals surface area contributed by atoms with Crippen LogP contribution in [-0.4, -0.2) is 125 Å². The maximum atomic E-state index is 12.1. The summed E-state index contributed by atoms with van der Waals surface area (Å²) in [5, 5.41) is 9.26. The number of rotatable bonds is 22. The minimum Gasteiger partial charge on any atom is -0.497 e. The highest BCUT2D eigenvalue weighted by Crippen LogP contribution is 2.23. The summed E-state index contributed by atoms with van der Waals surface area (Å²) in [5.41, 5.74) is 15.5. The van der Waals surface area contributed by atoms with E-state index in [1.165, 1.54) is 11.1 Å². The third-order valence-electron chi connectivity index (χ3n) is 13.4. The first-order valence-electron chi connectivity index (χ1n) is 30.5. The number of esters is 4. The first-order chi connectivity index (χ1) is 45.1. The van der Waals surface area contributed by atoms with Gasteiger partial charge in [-0.15, -0.1) is 0 Å². The number of fused-ring (bicyclic) bond motifs is 3. The highest BCUT2D eigenvalue weighted by atomic mass is 79.9. The molecule has 7 heterocycles. The van der Waals surface area contributed by atoms with Crippen molar-refractivity contribution in [1.82, 2.24) is 33.1 Å². The maximum Gasteiger partial charge on any atom is 0.375 e. The summed E-state index contributed by atoms with van der Waals surface area (Å²) in [6, 6.07) is 31.2. The Hall–Kier alpha value is -8.81. The molecule has 0 saturated heterocycles. The van der Waals surface area contributed by atoms with Gasteiger partial charge in [0, 0.05) is 40.2 Å². The molecule has 94 heavy (non-hydrogen) atoms. The van der Waals surface area contributed by atoms with Crippen molar-refractivity contribution in [3.63, 3.8) is 0 Å². The molecule has 22 nitrogen and oxygen atoms in total. The Morgan fingerprint density at radius 3 is 1.27 bits per heavy atom. The van der Waals surface area contributed by atoms with E-state index in [0.29, 0.717) is 68.2 Å². The van der Waals surface area contributed by atoms with Gasteiger partial charge < -0.3 is 52.5 Å². The van der Waals surface area contributed by atoms with Crippen molar-refractivity contribution in [3.8, 4) is 11.5 Å². The van der Waals surface area contributed by atoms with Crippen LogP contribution in [0.4, 0.5) is 5.82 Å². The molecule has 0 saturated carbocycles. The lowest BCUT2D eigenvalue weighted by molar-refractivity contribution is -0.153. The summed E-state index contributed by atoms with van der Waals surface area (Å²) in [7, 11) is 3.31. The van der Waals surface area contributed by atoms with Crippen LogP contribution >= 0.6 is 47.8 Å². The van der Waals surface area contributed by atoms with E-state index in [9.17, 15) is 38.7 Å². The standard InChI is InChI=1S/C20H22N2O3.C18H18N2O3.C12H13BrN2O2.C7H11BrO3.C7H12O3.C5H5BrN2/c1-4-17-19(20(23)25-5-2)21-18-11-8-15(13-22(17)18)12-14-6-9-16(24-3)10-7-14;1-3-15-17(18(21)22)19-16-9-6-13(11-20(15)16)10-12-4-7-14(23-2)8-5-12;1-3-9-11(12(16)17-4-2)14-10-6-5-8(13)7-15(9)10;1-3-5(8)6(9)7(10)11-4-2;1-3-5-6(8)7(9)10-4-2;6-4-1-2-5(7)8-3-4/h6-11,13H,4-5,12H2,1-3H3;4-9,11H,3,10H2,1-2H3,(H,21,22);5-7H,3-4H2,1-2H3;5H,3-4H2,1-2H3;3-5H2,1-2H3;1-3H,(H2,7,8). The highest BCUT2D eigenvalue weighted by Gasteiger charge is 2.23. The van der Waals surface area contributed by atoms with Gasteiger partial charge in [-0.3, -0.25) is 9.59 Å². The van der Waals surface area contributed by atoms with Gasteiger partial charge >= 0.3 is 29.8 Å². The van der Waals surface area contributed by atoms with Crippen LogP contribution in [0.25, 0.3) is 16.9 Å². The first-order valence-corrected chi connectivity index (χ1v) is 33.0. The van der Waals surface area contributed by atoms with Crippen molar-refractivity contribution in [2.45, 2.75) is 119 Å². The molecule has 0 bridgehead atoms. The van der Waals surface area contributed by atoms with Crippen molar-refractivity contribution < 1.29 is 67.1 Å². The Bertz CT molecular complexity index is 3910. The molecule has 0 spiro atoms. The number of carboxylic acid groups (broad SMARTS) is 1. The number of carbonyl (C=O) groups is 7. The number of hydrogen-bond acceptors (Lipinski definition) is 18. The van der Waals surface area contributed by atoms with Crippen LogP contribution in [0.5, 0.6) is 11.5 Å². The Balaban J connectivity index is 0.000000252. The number of hydrogen-bond donors (Lipinski definition) is 2. The topological polar surface area (TPSA) is 286 Å². The second-order valence-electron chi connectivity index (χ2n) is 19.9. The number of methoxy groups -OCH3 is 2. The zero-order valence-corrected chi connectivity index (χ0v) is 59.5. The summed E-state index contributed by atoms with van der Waals surface area (Å²) in [5.74, 6) is -1.86. The lowest BCUT2D eigenvalue weighted by Crippen LogP contribution is -2.25. The molecule has 0 radical (unpaired) electrons. The lowest BCUT2D eigenvalue weighted by Gasteiger charge is -2.06. The quantitative estimate of drug-likeness (QED) is 0.0276. The Kier molecular flexibility index (Phi) is 33.3. The number of anilines is 1. The van der Waals surface area contributed by atoms with Crippen LogP contribution in [-0.2, 0) is 70.2 Å². The van der Waals surface area contributed by atoms with Crippen molar-refractivity contribution in [2.24, 2.45) is 0 Å². The fraction of sp³-hybridized carbons (Fsp3) is 0.348. The highest BCUT2D eigenvalue weighted by molar-refractivity contribution is 9.11. The maximum absolute atomic E-state index is 12.1. The lowest BCUT2D eigenvalue weighted by atomic mass is 10.1. The number of alkyl halides is 1. The SMILES string of the molecule is CCCC(=O)C(=O)OCC.CCOC(=O)C(=O)C(Br)CC.CCOC(=O)c1nc2ccc(Br)cn2c1CC.CCOC(=O)c1nc2ccc(Cc3ccc(OC)cc3)cn2c1CC.CCc1c(C(=O)O)nc2ccc(Cc3ccc(OC)cc3)cn12.Nc1ccc(Br)cn1.